The quantitative estimate of drug-likeness (QED) is 0.832. The van der Waals surface area contributed by atoms with Crippen LogP contribution in [0.5, 0.6) is 0 Å². The highest BCUT2D eigenvalue weighted by atomic mass is 35.5. The van der Waals surface area contributed by atoms with E-state index in [1.807, 2.05) is 0 Å². The second-order valence-electron chi connectivity index (χ2n) is 3.33. The van der Waals surface area contributed by atoms with Gasteiger partial charge in [0.05, 0.1) is 17.4 Å². The third-order valence-corrected chi connectivity index (χ3v) is 3.35. The van der Waals surface area contributed by atoms with E-state index in [2.05, 4.69) is 4.98 Å². The summed E-state index contributed by atoms with van der Waals surface area (Å²) >= 11 is 7.20. The van der Waals surface area contributed by atoms with E-state index < -0.39 is 0 Å². The fraction of sp³-hybridized carbons (Fsp3) is 0.400. The number of thioether (sulfide) groups is 1. The topological polar surface area (TPSA) is 53.4 Å². The van der Waals surface area contributed by atoms with Crippen LogP contribution in [-0.2, 0) is 11.4 Å². The molecule has 1 amide bonds. The third-order valence-electron chi connectivity index (χ3n) is 1.97. The van der Waals surface area contributed by atoms with Crippen LogP contribution < -0.4 is 0 Å². The molecule has 0 radical (unpaired) electrons. The minimum absolute atomic E-state index is 0.00821. The van der Waals surface area contributed by atoms with Crippen LogP contribution in [0, 0.1) is 0 Å². The molecule has 0 aliphatic rings. The van der Waals surface area contributed by atoms with E-state index in [9.17, 15) is 4.79 Å². The number of halogens is 1. The molecule has 0 fully saturated rings. The molecule has 16 heavy (non-hydrogen) atoms. The Bertz CT molecular complexity index is 385. The number of aliphatic hydroxyl groups excluding tert-OH is 1. The molecule has 0 aliphatic heterocycles. The van der Waals surface area contributed by atoms with Gasteiger partial charge in [0.1, 0.15) is 0 Å². The lowest BCUT2D eigenvalue weighted by Crippen LogP contribution is -2.23. The SMILES string of the molecule is CN(C)C(=O)CSc1cncc(Cl)c1CO. The van der Waals surface area contributed by atoms with Gasteiger partial charge in [0, 0.05) is 36.9 Å². The van der Waals surface area contributed by atoms with Gasteiger partial charge in [-0.3, -0.25) is 9.78 Å². The van der Waals surface area contributed by atoms with Gasteiger partial charge >= 0.3 is 0 Å². The average molecular weight is 261 g/mol. The monoisotopic (exact) mass is 260 g/mol. The Labute approximate surface area is 104 Å². The molecule has 0 saturated heterocycles. The zero-order valence-corrected chi connectivity index (χ0v) is 10.7. The lowest BCUT2D eigenvalue weighted by Gasteiger charge is -2.11. The van der Waals surface area contributed by atoms with Crippen LogP contribution >= 0.6 is 23.4 Å². The lowest BCUT2D eigenvalue weighted by molar-refractivity contribution is -0.125. The number of hydrogen-bond acceptors (Lipinski definition) is 4. The third kappa shape index (κ3) is 3.37. The molecule has 0 bridgehead atoms. The summed E-state index contributed by atoms with van der Waals surface area (Å²) < 4.78 is 0. The maximum Gasteiger partial charge on any atom is 0.232 e. The van der Waals surface area contributed by atoms with Crippen LogP contribution in [0.3, 0.4) is 0 Å². The molecule has 6 heteroatoms. The van der Waals surface area contributed by atoms with Gasteiger partial charge in [-0.05, 0) is 0 Å². The summed E-state index contributed by atoms with van der Waals surface area (Å²) in [5, 5.41) is 9.57. The average Bonchev–Trinajstić information content (AvgIpc) is 2.25. The highest BCUT2D eigenvalue weighted by Crippen LogP contribution is 2.27. The summed E-state index contributed by atoms with van der Waals surface area (Å²) in [6.45, 7) is -0.153. The van der Waals surface area contributed by atoms with E-state index in [-0.39, 0.29) is 12.5 Å². The number of aliphatic hydroxyl groups is 1. The predicted octanol–water partition coefficient (Wildman–Crippen LogP) is 1.41. The van der Waals surface area contributed by atoms with E-state index in [1.54, 1.807) is 20.3 Å². The molecule has 1 aromatic heterocycles. The van der Waals surface area contributed by atoms with Crippen molar-refractivity contribution in [2.24, 2.45) is 0 Å². The molecular weight excluding hydrogens is 248 g/mol. The minimum atomic E-state index is -0.153. The molecule has 1 aromatic rings. The second-order valence-corrected chi connectivity index (χ2v) is 4.76. The van der Waals surface area contributed by atoms with Crippen molar-refractivity contribution in [3.05, 3.63) is 23.0 Å². The number of pyridine rings is 1. The number of carbonyl (C=O) groups is 1. The summed E-state index contributed by atoms with van der Waals surface area (Å²) in [7, 11) is 3.40. The van der Waals surface area contributed by atoms with Gasteiger partial charge in [0.2, 0.25) is 5.91 Å². The Hall–Kier alpha value is -0.780. The molecule has 0 spiro atoms. The van der Waals surface area contributed by atoms with Crippen molar-refractivity contribution >= 4 is 29.3 Å². The molecule has 0 atom stereocenters. The molecule has 1 N–H and O–H groups in total. The van der Waals surface area contributed by atoms with Crippen LogP contribution in [-0.4, -0.2) is 40.7 Å². The first kappa shape index (κ1) is 13.3. The van der Waals surface area contributed by atoms with E-state index in [1.165, 1.54) is 22.9 Å². The van der Waals surface area contributed by atoms with Crippen LogP contribution in [0.4, 0.5) is 0 Å². The molecule has 0 saturated carbocycles. The lowest BCUT2D eigenvalue weighted by atomic mass is 10.3. The summed E-state index contributed by atoms with van der Waals surface area (Å²) in [4.78, 5) is 17.6. The van der Waals surface area contributed by atoms with E-state index in [4.69, 9.17) is 16.7 Å². The first-order valence-electron chi connectivity index (χ1n) is 4.62. The zero-order valence-electron chi connectivity index (χ0n) is 9.11. The summed E-state index contributed by atoms with van der Waals surface area (Å²) in [5.41, 5.74) is 0.619. The van der Waals surface area contributed by atoms with E-state index >= 15 is 0 Å². The van der Waals surface area contributed by atoms with Gasteiger partial charge in [0.25, 0.3) is 0 Å². The Morgan fingerprint density at radius 2 is 2.25 bits per heavy atom. The van der Waals surface area contributed by atoms with Crippen molar-refractivity contribution in [1.82, 2.24) is 9.88 Å². The Morgan fingerprint density at radius 1 is 1.56 bits per heavy atom. The highest BCUT2D eigenvalue weighted by molar-refractivity contribution is 8.00. The van der Waals surface area contributed by atoms with Crippen molar-refractivity contribution in [3.8, 4) is 0 Å². The standard InChI is InChI=1S/C10H13ClN2O2S/c1-13(2)10(15)6-16-9-4-12-3-8(11)7(9)5-14/h3-4,14H,5-6H2,1-2H3. The van der Waals surface area contributed by atoms with Crippen molar-refractivity contribution in [2.45, 2.75) is 11.5 Å². The molecule has 4 nitrogen and oxygen atoms in total. The number of aromatic nitrogens is 1. The largest absolute Gasteiger partial charge is 0.392 e. The molecule has 1 rings (SSSR count). The molecule has 1 heterocycles. The predicted molar refractivity (Wildman–Crippen MR) is 64.6 cm³/mol. The number of hydrogen-bond donors (Lipinski definition) is 1. The number of rotatable bonds is 4. The summed E-state index contributed by atoms with van der Waals surface area (Å²) in [6.07, 6.45) is 3.08. The maximum absolute atomic E-state index is 11.4. The van der Waals surface area contributed by atoms with Crippen LogP contribution in [0.1, 0.15) is 5.56 Å². The van der Waals surface area contributed by atoms with Crippen molar-refractivity contribution in [3.63, 3.8) is 0 Å². The minimum Gasteiger partial charge on any atom is -0.392 e. The van der Waals surface area contributed by atoms with Crippen LogP contribution in [0.25, 0.3) is 0 Å². The first-order valence-corrected chi connectivity index (χ1v) is 5.98. The van der Waals surface area contributed by atoms with Gasteiger partial charge in [-0.2, -0.15) is 0 Å². The second kappa shape index (κ2) is 6.08. The van der Waals surface area contributed by atoms with E-state index in [0.717, 1.165) is 4.90 Å². The van der Waals surface area contributed by atoms with Gasteiger partial charge in [-0.1, -0.05) is 11.6 Å². The zero-order chi connectivity index (χ0) is 12.1. The molecule has 0 aromatic carbocycles. The Morgan fingerprint density at radius 3 is 2.81 bits per heavy atom. The maximum atomic E-state index is 11.4. The number of amides is 1. The van der Waals surface area contributed by atoms with Gasteiger partial charge in [0.15, 0.2) is 0 Å². The van der Waals surface area contributed by atoms with Crippen LogP contribution in [0.15, 0.2) is 17.3 Å². The van der Waals surface area contributed by atoms with Crippen molar-refractivity contribution < 1.29 is 9.90 Å². The first-order chi connectivity index (χ1) is 7.56. The van der Waals surface area contributed by atoms with Gasteiger partial charge in [-0.25, -0.2) is 0 Å². The number of carbonyl (C=O) groups excluding carboxylic acids is 1. The van der Waals surface area contributed by atoms with Gasteiger partial charge < -0.3 is 10.0 Å². The fourth-order valence-electron chi connectivity index (χ4n) is 0.990. The summed E-state index contributed by atoms with van der Waals surface area (Å²) in [6, 6.07) is 0. The Kier molecular flexibility index (Phi) is 5.05. The van der Waals surface area contributed by atoms with Gasteiger partial charge in [-0.15, -0.1) is 11.8 Å². The molecular formula is C10H13ClN2O2S. The van der Waals surface area contributed by atoms with Crippen LogP contribution in [0.2, 0.25) is 5.02 Å². The molecule has 88 valence electrons. The smallest absolute Gasteiger partial charge is 0.232 e. The Balaban J connectivity index is 2.74. The number of nitrogens with zero attached hydrogens (tertiary/aromatic N) is 2. The fourth-order valence-corrected chi connectivity index (χ4v) is 2.29. The normalized spacial score (nSPS) is 10.2. The highest BCUT2D eigenvalue weighted by Gasteiger charge is 2.10. The van der Waals surface area contributed by atoms with E-state index in [0.29, 0.717) is 16.3 Å². The van der Waals surface area contributed by atoms with Crippen molar-refractivity contribution in [1.29, 1.82) is 0 Å². The molecule has 0 aliphatic carbocycles. The molecule has 0 unspecified atom stereocenters. The van der Waals surface area contributed by atoms with Crippen molar-refractivity contribution in [2.75, 3.05) is 19.8 Å². The summed E-state index contributed by atoms with van der Waals surface area (Å²) in [5.74, 6) is 0.316.